The van der Waals surface area contributed by atoms with Gasteiger partial charge in [0.15, 0.2) is 5.78 Å². The number of benzene rings is 2. The highest BCUT2D eigenvalue weighted by atomic mass is 16.1. The number of hydrogen-bond acceptors (Lipinski definition) is 2. The van der Waals surface area contributed by atoms with Crippen LogP contribution in [0.4, 0.5) is 5.69 Å². The molecule has 2 aromatic carbocycles. The Kier molecular flexibility index (Phi) is 3.78. The summed E-state index contributed by atoms with van der Waals surface area (Å²) in [5, 5.41) is 3.33. The predicted octanol–water partition coefficient (Wildman–Crippen LogP) is 3.96. The van der Waals surface area contributed by atoms with Gasteiger partial charge in [0.2, 0.25) is 0 Å². The fourth-order valence-corrected chi connectivity index (χ4v) is 2.84. The van der Waals surface area contributed by atoms with Crippen LogP contribution in [0.3, 0.4) is 0 Å². The highest BCUT2D eigenvalue weighted by Crippen LogP contribution is 2.26. The quantitative estimate of drug-likeness (QED) is 0.918. The number of rotatable bonds is 4. The molecule has 0 saturated carbocycles. The van der Waals surface area contributed by atoms with Crippen molar-refractivity contribution >= 4 is 11.5 Å². The van der Waals surface area contributed by atoms with E-state index in [1.807, 2.05) is 18.2 Å². The summed E-state index contributed by atoms with van der Waals surface area (Å²) in [6.45, 7) is 4.36. The summed E-state index contributed by atoms with van der Waals surface area (Å²) in [5.74, 6) is 0.796. The third-order valence-corrected chi connectivity index (χ3v) is 4.18. The summed E-state index contributed by atoms with van der Waals surface area (Å²) in [6, 6.07) is 16.5. The number of para-hydroxylation sites is 1. The SMILES string of the molecule is CC(C)c1ccc(CC(=O)C2Cc3ccccc3N2)cc1. The second-order valence-electron chi connectivity index (χ2n) is 6.10. The number of fused-ring (bicyclic) bond motifs is 1. The van der Waals surface area contributed by atoms with Crippen LogP contribution < -0.4 is 5.32 Å². The van der Waals surface area contributed by atoms with E-state index in [2.05, 4.69) is 49.5 Å². The molecule has 0 spiro atoms. The summed E-state index contributed by atoms with van der Waals surface area (Å²) in [4.78, 5) is 12.4. The number of anilines is 1. The Morgan fingerprint density at radius 2 is 1.86 bits per heavy atom. The minimum atomic E-state index is -0.0767. The van der Waals surface area contributed by atoms with Crippen LogP contribution in [-0.2, 0) is 17.6 Å². The van der Waals surface area contributed by atoms with Crippen molar-refractivity contribution in [3.63, 3.8) is 0 Å². The highest BCUT2D eigenvalue weighted by molar-refractivity contribution is 5.90. The third-order valence-electron chi connectivity index (χ3n) is 4.18. The first kappa shape index (κ1) is 13.9. The van der Waals surface area contributed by atoms with Crippen molar-refractivity contribution < 1.29 is 4.79 Å². The van der Waals surface area contributed by atoms with E-state index >= 15 is 0 Å². The molecule has 1 aliphatic rings. The molecule has 1 unspecified atom stereocenters. The molecule has 2 aromatic rings. The highest BCUT2D eigenvalue weighted by Gasteiger charge is 2.25. The van der Waals surface area contributed by atoms with Gasteiger partial charge in [0.25, 0.3) is 0 Å². The molecule has 1 N–H and O–H groups in total. The van der Waals surface area contributed by atoms with Gasteiger partial charge in [0, 0.05) is 18.5 Å². The Bertz CT molecular complexity index is 618. The van der Waals surface area contributed by atoms with Crippen molar-refractivity contribution in [3.8, 4) is 0 Å². The van der Waals surface area contributed by atoms with Gasteiger partial charge < -0.3 is 5.32 Å². The average molecular weight is 279 g/mol. The van der Waals surface area contributed by atoms with E-state index in [1.54, 1.807) is 0 Å². The molecule has 2 nitrogen and oxygen atoms in total. The lowest BCUT2D eigenvalue weighted by Gasteiger charge is -2.11. The molecule has 21 heavy (non-hydrogen) atoms. The predicted molar refractivity (Wildman–Crippen MR) is 86.8 cm³/mol. The maximum absolute atomic E-state index is 12.4. The van der Waals surface area contributed by atoms with Crippen LogP contribution in [0, 0.1) is 0 Å². The van der Waals surface area contributed by atoms with Gasteiger partial charge in [-0.3, -0.25) is 4.79 Å². The smallest absolute Gasteiger partial charge is 0.159 e. The molecule has 1 atom stereocenters. The minimum Gasteiger partial charge on any atom is -0.375 e. The van der Waals surface area contributed by atoms with E-state index in [4.69, 9.17) is 0 Å². The monoisotopic (exact) mass is 279 g/mol. The molecule has 2 heteroatoms. The van der Waals surface area contributed by atoms with Gasteiger partial charge in [-0.05, 0) is 28.7 Å². The first-order valence-electron chi connectivity index (χ1n) is 7.59. The fourth-order valence-electron chi connectivity index (χ4n) is 2.84. The summed E-state index contributed by atoms with van der Waals surface area (Å²) in [7, 11) is 0. The van der Waals surface area contributed by atoms with E-state index in [9.17, 15) is 4.79 Å². The van der Waals surface area contributed by atoms with Gasteiger partial charge in [0.05, 0.1) is 6.04 Å². The zero-order valence-electron chi connectivity index (χ0n) is 12.6. The van der Waals surface area contributed by atoms with Crippen molar-refractivity contribution in [2.24, 2.45) is 0 Å². The number of Topliss-reactive ketones (excluding diaryl/α,β-unsaturated/α-hetero) is 1. The Labute approximate surface area is 126 Å². The van der Waals surface area contributed by atoms with Gasteiger partial charge in [-0.1, -0.05) is 56.3 Å². The normalized spacial score (nSPS) is 16.6. The molecule has 1 aliphatic heterocycles. The lowest BCUT2D eigenvalue weighted by Crippen LogP contribution is -2.28. The summed E-state index contributed by atoms with van der Waals surface area (Å²) < 4.78 is 0. The molecule has 0 aliphatic carbocycles. The van der Waals surface area contributed by atoms with Crippen LogP contribution in [-0.4, -0.2) is 11.8 Å². The van der Waals surface area contributed by atoms with Gasteiger partial charge in [-0.15, -0.1) is 0 Å². The van der Waals surface area contributed by atoms with Gasteiger partial charge in [-0.2, -0.15) is 0 Å². The van der Waals surface area contributed by atoms with E-state index in [0.29, 0.717) is 12.3 Å². The van der Waals surface area contributed by atoms with Crippen LogP contribution in [0.25, 0.3) is 0 Å². The molecule has 108 valence electrons. The molecule has 1 heterocycles. The minimum absolute atomic E-state index is 0.0767. The van der Waals surface area contributed by atoms with Crippen molar-refractivity contribution in [2.75, 3.05) is 5.32 Å². The lowest BCUT2D eigenvalue weighted by atomic mass is 9.97. The number of carbonyl (C=O) groups excluding carboxylic acids is 1. The zero-order valence-corrected chi connectivity index (χ0v) is 12.6. The third kappa shape index (κ3) is 2.99. The van der Waals surface area contributed by atoms with Crippen LogP contribution in [0.5, 0.6) is 0 Å². The Balaban J connectivity index is 1.65. The van der Waals surface area contributed by atoms with E-state index in [1.165, 1.54) is 11.1 Å². The largest absolute Gasteiger partial charge is 0.375 e. The topological polar surface area (TPSA) is 29.1 Å². The van der Waals surface area contributed by atoms with E-state index in [-0.39, 0.29) is 11.8 Å². The van der Waals surface area contributed by atoms with Crippen LogP contribution in [0.2, 0.25) is 0 Å². The molecule has 0 fully saturated rings. The van der Waals surface area contributed by atoms with Crippen LogP contribution in [0.15, 0.2) is 48.5 Å². The number of nitrogens with one attached hydrogen (secondary N) is 1. The second kappa shape index (κ2) is 5.72. The van der Waals surface area contributed by atoms with Gasteiger partial charge in [-0.25, -0.2) is 0 Å². The van der Waals surface area contributed by atoms with Crippen molar-refractivity contribution in [3.05, 3.63) is 65.2 Å². The van der Waals surface area contributed by atoms with Crippen molar-refractivity contribution in [1.82, 2.24) is 0 Å². The van der Waals surface area contributed by atoms with E-state index < -0.39 is 0 Å². The Hall–Kier alpha value is -2.09. The number of ketones is 1. The van der Waals surface area contributed by atoms with Gasteiger partial charge >= 0.3 is 0 Å². The molecule has 0 bridgehead atoms. The molecule has 3 rings (SSSR count). The lowest BCUT2D eigenvalue weighted by molar-refractivity contribution is -0.119. The number of hydrogen-bond donors (Lipinski definition) is 1. The molecule has 0 saturated heterocycles. The molecular formula is C19H21NO. The maximum Gasteiger partial charge on any atom is 0.159 e. The average Bonchev–Trinajstić information content (AvgIpc) is 2.92. The fraction of sp³-hybridized carbons (Fsp3) is 0.316. The Morgan fingerprint density at radius 3 is 2.52 bits per heavy atom. The Morgan fingerprint density at radius 1 is 1.14 bits per heavy atom. The second-order valence-corrected chi connectivity index (χ2v) is 6.10. The first-order chi connectivity index (χ1) is 10.1. The molecule has 0 radical (unpaired) electrons. The van der Waals surface area contributed by atoms with Crippen LogP contribution >= 0.6 is 0 Å². The van der Waals surface area contributed by atoms with Gasteiger partial charge in [0.1, 0.15) is 0 Å². The number of carbonyl (C=O) groups is 1. The summed E-state index contributed by atoms with van der Waals surface area (Å²) in [6.07, 6.45) is 1.31. The standard InChI is InChI=1S/C19H21NO/c1-13(2)15-9-7-14(8-10-15)11-19(21)18-12-16-5-3-4-6-17(16)20-18/h3-10,13,18,20H,11-12H2,1-2H3. The maximum atomic E-state index is 12.4. The molecule has 0 amide bonds. The van der Waals surface area contributed by atoms with Crippen molar-refractivity contribution in [1.29, 1.82) is 0 Å². The van der Waals surface area contributed by atoms with E-state index in [0.717, 1.165) is 17.7 Å². The first-order valence-corrected chi connectivity index (χ1v) is 7.59. The zero-order chi connectivity index (χ0) is 14.8. The summed E-state index contributed by atoms with van der Waals surface area (Å²) in [5.41, 5.74) is 4.76. The molecule has 0 aromatic heterocycles. The van der Waals surface area contributed by atoms with Crippen LogP contribution in [0.1, 0.15) is 36.5 Å². The summed E-state index contributed by atoms with van der Waals surface area (Å²) >= 11 is 0. The van der Waals surface area contributed by atoms with Crippen molar-refractivity contribution in [2.45, 2.75) is 38.6 Å². The molecular weight excluding hydrogens is 258 g/mol.